The first kappa shape index (κ1) is 23.3. The Morgan fingerprint density at radius 3 is 2.80 bits per heavy atom. The lowest BCUT2D eigenvalue weighted by Crippen LogP contribution is -2.52. The van der Waals surface area contributed by atoms with Crippen molar-refractivity contribution in [3.05, 3.63) is 41.5 Å². The second-order valence-corrected chi connectivity index (χ2v) is 9.02. The third-order valence-corrected chi connectivity index (χ3v) is 6.73. The van der Waals surface area contributed by atoms with E-state index in [1.165, 1.54) is 6.08 Å². The van der Waals surface area contributed by atoms with Crippen LogP contribution in [0, 0.1) is 0 Å². The molecule has 3 aliphatic rings. The number of cyclic esters (lactones) is 1. The molecule has 2 bridgehead atoms. The second kappa shape index (κ2) is 10.0. The van der Waals surface area contributed by atoms with Gasteiger partial charge in [0.1, 0.15) is 12.4 Å². The van der Waals surface area contributed by atoms with Gasteiger partial charge in [-0.25, -0.2) is 4.79 Å². The van der Waals surface area contributed by atoms with E-state index in [1.807, 2.05) is 24.3 Å². The van der Waals surface area contributed by atoms with Crippen molar-refractivity contribution in [1.29, 1.82) is 0 Å². The van der Waals surface area contributed by atoms with E-state index < -0.39 is 0 Å². The van der Waals surface area contributed by atoms with Gasteiger partial charge in [0.2, 0.25) is 5.91 Å². The van der Waals surface area contributed by atoms with E-state index in [0.717, 1.165) is 42.4 Å². The van der Waals surface area contributed by atoms with E-state index in [-0.39, 0.29) is 31.4 Å². The molecular formula is C25H29N5O5. The fourth-order valence-corrected chi connectivity index (χ4v) is 5.07. The van der Waals surface area contributed by atoms with Gasteiger partial charge in [0.15, 0.2) is 12.6 Å². The van der Waals surface area contributed by atoms with Crippen molar-refractivity contribution in [3.63, 3.8) is 0 Å². The van der Waals surface area contributed by atoms with Crippen molar-refractivity contribution in [2.75, 3.05) is 25.9 Å². The fourth-order valence-electron chi connectivity index (χ4n) is 5.07. The maximum Gasteiger partial charge on any atom is 0.416 e. The van der Waals surface area contributed by atoms with Crippen molar-refractivity contribution in [3.8, 4) is 17.0 Å². The van der Waals surface area contributed by atoms with Gasteiger partial charge in [-0.05, 0) is 55.5 Å². The summed E-state index contributed by atoms with van der Waals surface area (Å²) in [6, 6.07) is 8.35. The SMILES string of the molecule is CNC(=O)/C=C/c1ccc(-c2cc3c(nn2)N(C2C[C@H]4CC[C@@H](C2)N4)C(=O)OC3)c(OCOC)c1. The quantitative estimate of drug-likeness (QED) is 0.460. The Morgan fingerprint density at radius 2 is 2.06 bits per heavy atom. The van der Waals surface area contributed by atoms with Crippen LogP contribution in [0.2, 0.25) is 0 Å². The van der Waals surface area contributed by atoms with Crippen molar-refractivity contribution in [1.82, 2.24) is 20.8 Å². The van der Waals surface area contributed by atoms with Crippen LogP contribution in [0.25, 0.3) is 17.3 Å². The standard InChI is InChI=1S/C25H29N5O5/c1-26-23(31)8-4-15-3-7-20(22(9-15)35-14-33-2)21-10-16-13-34-25(32)30(24(16)29-28-21)19-11-17-5-6-18(12-19)27-17/h3-4,7-10,17-19,27H,5-6,11-14H2,1-2H3,(H,26,31)/b8-4+/t17-,18+,19?. The summed E-state index contributed by atoms with van der Waals surface area (Å²) >= 11 is 0. The maximum absolute atomic E-state index is 12.7. The Bertz CT molecular complexity index is 1140. The number of piperidine rings is 1. The minimum absolute atomic E-state index is 0.0486. The molecule has 2 fully saturated rings. The van der Waals surface area contributed by atoms with Gasteiger partial charge < -0.3 is 24.8 Å². The average Bonchev–Trinajstić information content (AvgIpc) is 3.22. The smallest absolute Gasteiger partial charge is 0.416 e. The molecule has 0 spiro atoms. The fraction of sp³-hybridized carbons (Fsp3) is 0.440. The van der Waals surface area contributed by atoms with Gasteiger partial charge in [0.05, 0.1) is 5.69 Å². The van der Waals surface area contributed by atoms with Gasteiger partial charge in [0, 0.05) is 49.5 Å². The van der Waals surface area contributed by atoms with Crippen LogP contribution >= 0.6 is 0 Å². The number of carbonyl (C=O) groups excluding carboxylic acids is 2. The highest BCUT2D eigenvalue weighted by Gasteiger charge is 2.41. The summed E-state index contributed by atoms with van der Waals surface area (Å²) in [7, 11) is 3.12. The van der Waals surface area contributed by atoms with E-state index in [0.29, 0.717) is 29.3 Å². The highest BCUT2D eigenvalue weighted by molar-refractivity contribution is 5.92. The number of amides is 2. The lowest BCUT2D eigenvalue weighted by Gasteiger charge is -2.38. The predicted octanol–water partition coefficient (Wildman–Crippen LogP) is 2.63. The number of rotatable bonds is 7. The van der Waals surface area contributed by atoms with Gasteiger partial charge >= 0.3 is 6.09 Å². The molecule has 2 N–H and O–H groups in total. The molecule has 2 saturated heterocycles. The Labute approximate surface area is 203 Å². The zero-order valence-corrected chi connectivity index (χ0v) is 19.8. The van der Waals surface area contributed by atoms with Crippen LogP contribution in [0.4, 0.5) is 10.6 Å². The zero-order valence-electron chi connectivity index (χ0n) is 19.8. The highest BCUT2D eigenvalue weighted by atomic mass is 16.7. The Hall–Kier alpha value is -3.50. The molecule has 1 aromatic heterocycles. The molecular weight excluding hydrogens is 450 g/mol. The number of hydrogen-bond donors (Lipinski definition) is 2. The Kier molecular flexibility index (Phi) is 6.65. The molecule has 0 aliphatic carbocycles. The van der Waals surface area contributed by atoms with Crippen molar-refractivity contribution in [2.24, 2.45) is 0 Å². The molecule has 5 rings (SSSR count). The first-order valence-corrected chi connectivity index (χ1v) is 11.8. The summed E-state index contributed by atoms with van der Waals surface area (Å²) in [5, 5.41) is 15.1. The minimum atomic E-state index is -0.359. The molecule has 1 aromatic carbocycles. The third kappa shape index (κ3) is 4.85. The molecule has 3 atom stereocenters. The number of nitrogens with one attached hydrogen (secondary N) is 2. The van der Waals surface area contributed by atoms with Crippen LogP contribution in [-0.2, 0) is 20.9 Å². The number of fused-ring (bicyclic) bond motifs is 3. The van der Waals surface area contributed by atoms with Crippen LogP contribution in [0.3, 0.4) is 0 Å². The van der Waals surface area contributed by atoms with Gasteiger partial charge in [0.25, 0.3) is 0 Å². The average molecular weight is 480 g/mol. The minimum Gasteiger partial charge on any atom is -0.467 e. The van der Waals surface area contributed by atoms with E-state index in [2.05, 4.69) is 20.8 Å². The lowest BCUT2D eigenvalue weighted by molar-refractivity contribution is -0.115. The van der Waals surface area contributed by atoms with Crippen LogP contribution in [0.1, 0.15) is 36.8 Å². The molecule has 10 heteroatoms. The Balaban J connectivity index is 1.45. The van der Waals surface area contributed by atoms with Crippen LogP contribution in [-0.4, -0.2) is 61.3 Å². The first-order valence-electron chi connectivity index (χ1n) is 11.8. The van der Waals surface area contributed by atoms with Gasteiger partial charge in [-0.15, -0.1) is 10.2 Å². The number of hydrogen-bond acceptors (Lipinski definition) is 8. The number of nitrogens with zero attached hydrogens (tertiary/aromatic N) is 3. The number of benzene rings is 1. The predicted molar refractivity (Wildman–Crippen MR) is 129 cm³/mol. The van der Waals surface area contributed by atoms with Gasteiger partial charge in [-0.2, -0.15) is 0 Å². The van der Waals surface area contributed by atoms with E-state index in [4.69, 9.17) is 14.2 Å². The highest BCUT2D eigenvalue weighted by Crippen LogP contribution is 2.37. The summed E-state index contributed by atoms with van der Waals surface area (Å²) in [5.41, 5.74) is 2.91. The van der Waals surface area contributed by atoms with E-state index in [9.17, 15) is 9.59 Å². The molecule has 10 nitrogen and oxygen atoms in total. The normalized spacial score (nSPS) is 23.2. The third-order valence-electron chi connectivity index (χ3n) is 6.73. The number of likely N-dealkylation sites (N-methyl/N-ethyl adjacent to an activating group) is 1. The molecule has 1 unspecified atom stereocenters. The summed E-state index contributed by atoms with van der Waals surface area (Å²) in [6.45, 7) is 0.198. The lowest BCUT2D eigenvalue weighted by atomic mass is 9.97. The van der Waals surface area contributed by atoms with Gasteiger partial charge in [-0.1, -0.05) is 6.07 Å². The van der Waals surface area contributed by atoms with Crippen LogP contribution < -0.4 is 20.3 Å². The second-order valence-electron chi connectivity index (χ2n) is 9.02. The summed E-state index contributed by atoms with van der Waals surface area (Å²) in [4.78, 5) is 26.0. The number of anilines is 1. The molecule has 4 heterocycles. The van der Waals surface area contributed by atoms with Crippen molar-refractivity contribution >= 4 is 23.9 Å². The topological polar surface area (TPSA) is 115 Å². The zero-order chi connectivity index (χ0) is 24.4. The largest absolute Gasteiger partial charge is 0.467 e. The number of methoxy groups -OCH3 is 1. The molecule has 2 aromatic rings. The molecule has 2 amide bonds. The van der Waals surface area contributed by atoms with E-state index in [1.54, 1.807) is 25.1 Å². The van der Waals surface area contributed by atoms with Gasteiger partial charge in [-0.3, -0.25) is 9.69 Å². The molecule has 184 valence electrons. The van der Waals surface area contributed by atoms with E-state index >= 15 is 0 Å². The summed E-state index contributed by atoms with van der Waals surface area (Å²) in [6.07, 6.45) is 6.83. The summed E-state index contributed by atoms with van der Waals surface area (Å²) in [5.74, 6) is 0.912. The maximum atomic E-state index is 12.7. The molecule has 35 heavy (non-hydrogen) atoms. The number of carbonyl (C=O) groups is 2. The summed E-state index contributed by atoms with van der Waals surface area (Å²) < 4.78 is 16.4. The molecule has 0 radical (unpaired) electrons. The first-order chi connectivity index (χ1) is 17.1. The van der Waals surface area contributed by atoms with Crippen LogP contribution in [0.5, 0.6) is 5.75 Å². The van der Waals surface area contributed by atoms with Crippen molar-refractivity contribution < 1.29 is 23.8 Å². The Morgan fingerprint density at radius 1 is 1.26 bits per heavy atom. The molecule has 3 aliphatic heterocycles. The van der Waals surface area contributed by atoms with Crippen LogP contribution in [0.15, 0.2) is 30.3 Å². The number of ether oxygens (including phenoxy) is 3. The molecule has 0 saturated carbocycles. The number of aromatic nitrogens is 2. The monoisotopic (exact) mass is 479 g/mol. The van der Waals surface area contributed by atoms with Crippen molar-refractivity contribution in [2.45, 2.75) is 50.4 Å².